The number of carbonyl (C=O) groups excluding carboxylic acids is 1. The van der Waals surface area contributed by atoms with Crippen LogP contribution < -0.4 is 0 Å². The molecule has 1 nitrogen and oxygen atoms in total. The van der Waals surface area contributed by atoms with E-state index in [1.54, 1.807) is 6.07 Å². The van der Waals surface area contributed by atoms with Gasteiger partial charge in [-0.1, -0.05) is 60.1 Å². The fourth-order valence-electron chi connectivity index (χ4n) is 2.34. The summed E-state index contributed by atoms with van der Waals surface area (Å²) >= 11 is 6.09. The van der Waals surface area contributed by atoms with Crippen LogP contribution in [0.1, 0.15) is 21.5 Å². The summed E-state index contributed by atoms with van der Waals surface area (Å²) in [5.74, 6) is 0.00996. The second-order valence-electron chi connectivity index (χ2n) is 4.80. The van der Waals surface area contributed by atoms with Crippen molar-refractivity contribution >= 4 is 28.2 Å². The molecule has 0 aliphatic heterocycles. The zero-order valence-electron chi connectivity index (χ0n) is 11.1. The van der Waals surface area contributed by atoms with Crippen LogP contribution in [0.3, 0.4) is 0 Å². The van der Waals surface area contributed by atoms with Gasteiger partial charge in [-0.2, -0.15) is 0 Å². The fraction of sp³-hybridized carbons (Fsp3) is 0.0556. The molecule has 0 saturated heterocycles. The molecule has 0 heterocycles. The summed E-state index contributed by atoms with van der Waals surface area (Å²) in [7, 11) is 0. The van der Waals surface area contributed by atoms with E-state index in [1.165, 1.54) is 0 Å². The van der Waals surface area contributed by atoms with E-state index < -0.39 is 0 Å². The molecule has 3 aromatic rings. The molecule has 0 fully saturated rings. The lowest BCUT2D eigenvalue weighted by molar-refractivity contribution is 0.103. The topological polar surface area (TPSA) is 17.1 Å². The first-order valence-electron chi connectivity index (χ1n) is 6.45. The van der Waals surface area contributed by atoms with Gasteiger partial charge in [0.1, 0.15) is 0 Å². The Kier molecular flexibility index (Phi) is 3.29. The van der Waals surface area contributed by atoms with Crippen LogP contribution in [0, 0.1) is 6.92 Å². The molecule has 0 saturated carbocycles. The van der Waals surface area contributed by atoms with Crippen molar-refractivity contribution in [1.82, 2.24) is 0 Å². The summed E-state index contributed by atoms with van der Waals surface area (Å²) in [6.45, 7) is 1.87. The van der Waals surface area contributed by atoms with E-state index in [1.807, 2.05) is 61.5 Å². The Hall–Kier alpha value is -2.12. The molecule has 0 N–H and O–H groups in total. The number of hydrogen-bond donors (Lipinski definition) is 0. The molecular weight excluding hydrogens is 268 g/mol. The number of fused-ring (bicyclic) bond motifs is 1. The quantitative estimate of drug-likeness (QED) is 0.602. The van der Waals surface area contributed by atoms with E-state index in [-0.39, 0.29) is 5.78 Å². The third-order valence-electron chi connectivity index (χ3n) is 3.52. The monoisotopic (exact) mass is 280 g/mol. The van der Waals surface area contributed by atoms with Gasteiger partial charge >= 0.3 is 0 Å². The molecular formula is C18H13ClO. The summed E-state index contributed by atoms with van der Waals surface area (Å²) in [6, 6.07) is 19.2. The third-order valence-corrected chi connectivity index (χ3v) is 3.93. The number of carbonyl (C=O) groups is 1. The second kappa shape index (κ2) is 5.10. The van der Waals surface area contributed by atoms with Crippen molar-refractivity contribution in [3.8, 4) is 0 Å². The van der Waals surface area contributed by atoms with E-state index >= 15 is 0 Å². The SMILES string of the molecule is Cc1c(Cl)cccc1C(=O)c1ccc2ccccc2c1. The lowest BCUT2D eigenvalue weighted by Crippen LogP contribution is -2.03. The van der Waals surface area contributed by atoms with Gasteiger partial charge in [-0.25, -0.2) is 0 Å². The highest BCUT2D eigenvalue weighted by atomic mass is 35.5. The van der Waals surface area contributed by atoms with Gasteiger partial charge in [-0.15, -0.1) is 0 Å². The van der Waals surface area contributed by atoms with Crippen LogP contribution in [-0.2, 0) is 0 Å². The highest BCUT2D eigenvalue weighted by Gasteiger charge is 2.13. The van der Waals surface area contributed by atoms with Crippen LogP contribution in [0.25, 0.3) is 10.8 Å². The van der Waals surface area contributed by atoms with Gasteiger partial charge in [0.05, 0.1) is 0 Å². The van der Waals surface area contributed by atoms with Gasteiger partial charge < -0.3 is 0 Å². The first-order valence-corrected chi connectivity index (χ1v) is 6.83. The summed E-state index contributed by atoms with van der Waals surface area (Å²) in [4.78, 5) is 12.6. The summed E-state index contributed by atoms with van der Waals surface area (Å²) < 4.78 is 0. The van der Waals surface area contributed by atoms with E-state index in [9.17, 15) is 4.79 Å². The summed E-state index contributed by atoms with van der Waals surface area (Å²) in [5, 5.41) is 2.82. The Balaban J connectivity index is 2.10. The number of rotatable bonds is 2. The van der Waals surface area contributed by atoms with Gasteiger partial charge in [0.15, 0.2) is 5.78 Å². The average molecular weight is 281 g/mol. The van der Waals surface area contributed by atoms with Crippen LogP contribution >= 0.6 is 11.6 Å². The fourth-order valence-corrected chi connectivity index (χ4v) is 2.51. The van der Waals surface area contributed by atoms with Crippen molar-refractivity contribution in [2.75, 3.05) is 0 Å². The molecule has 0 atom stereocenters. The maximum absolute atomic E-state index is 12.6. The lowest BCUT2D eigenvalue weighted by atomic mass is 9.97. The molecule has 0 aromatic heterocycles. The van der Waals surface area contributed by atoms with E-state index in [0.29, 0.717) is 16.1 Å². The molecule has 0 spiro atoms. The molecule has 0 bridgehead atoms. The van der Waals surface area contributed by atoms with Crippen molar-refractivity contribution in [3.05, 3.63) is 82.4 Å². The summed E-state index contributed by atoms with van der Waals surface area (Å²) in [5.41, 5.74) is 2.18. The minimum atomic E-state index is 0.00996. The van der Waals surface area contributed by atoms with Gasteiger partial charge in [-0.3, -0.25) is 4.79 Å². The van der Waals surface area contributed by atoms with E-state index in [0.717, 1.165) is 16.3 Å². The van der Waals surface area contributed by atoms with Crippen LogP contribution in [0.5, 0.6) is 0 Å². The zero-order valence-corrected chi connectivity index (χ0v) is 11.8. The van der Waals surface area contributed by atoms with Gasteiger partial charge in [-0.05, 0) is 35.4 Å². The molecule has 20 heavy (non-hydrogen) atoms. The van der Waals surface area contributed by atoms with Crippen molar-refractivity contribution in [3.63, 3.8) is 0 Å². The maximum Gasteiger partial charge on any atom is 0.193 e. The molecule has 0 radical (unpaired) electrons. The number of halogens is 1. The Morgan fingerprint density at radius 2 is 1.65 bits per heavy atom. The maximum atomic E-state index is 12.6. The van der Waals surface area contributed by atoms with Crippen LogP contribution in [-0.4, -0.2) is 5.78 Å². The molecule has 3 rings (SSSR count). The highest BCUT2D eigenvalue weighted by Crippen LogP contribution is 2.23. The van der Waals surface area contributed by atoms with Crippen LogP contribution in [0.2, 0.25) is 5.02 Å². The molecule has 2 heteroatoms. The Morgan fingerprint density at radius 1 is 0.900 bits per heavy atom. The van der Waals surface area contributed by atoms with Crippen molar-refractivity contribution in [1.29, 1.82) is 0 Å². The van der Waals surface area contributed by atoms with E-state index in [4.69, 9.17) is 11.6 Å². The van der Waals surface area contributed by atoms with Crippen molar-refractivity contribution in [2.45, 2.75) is 6.92 Å². The predicted octanol–water partition coefficient (Wildman–Crippen LogP) is 5.03. The van der Waals surface area contributed by atoms with Gasteiger partial charge in [0.2, 0.25) is 0 Å². The van der Waals surface area contributed by atoms with Crippen molar-refractivity contribution in [2.24, 2.45) is 0 Å². The Morgan fingerprint density at radius 3 is 2.45 bits per heavy atom. The average Bonchev–Trinajstić information content (AvgIpc) is 2.49. The number of benzene rings is 3. The number of ketones is 1. The Labute approximate surface area is 122 Å². The molecule has 0 aliphatic rings. The lowest BCUT2D eigenvalue weighted by Gasteiger charge is -2.07. The minimum absolute atomic E-state index is 0.00996. The van der Waals surface area contributed by atoms with Gasteiger partial charge in [0.25, 0.3) is 0 Å². The number of hydrogen-bond acceptors (Lipinski definition) is 1. The van der Waals surface area contributed by atoms with Crippen molar-refractivity contribution < 1.29 is 4.79 Å². The highest BCUT2D eigenvalue weighted by molar-refractivity contribution is 6.32. The predicted molar refractivity (Wildman–Crippen MR) is 83.6 cm³/mol. The molecule has 0 aliphatic carbocycles. The molecule has 0 unspecified atom stereocenters. The molecule has 98 valence electrons. The van der Waals surface area contributed by atoms with Gasteiger partial charge in [0, 0.05) is 16.1 Å². The Bertz CT molecular complexity index is 805. The first-order chi connectivity index (χ1) is 9.66. The molecule has 3 aromatic carbocycles. The first kappa shape index (κ1) is 12.9. The normalized spacial score (nSPS) is 10.7. The third kappa shape index (κ3) is 2.21. The standard InChI is InChI=1S/C18H13ClO/c1-12-16(7-4-8-17(12)19)18(20)15-10-9-13-5-2-3-6-14(13)11-15/h2-11H,1H3. The largest absolute Gasteiger partial charge is 0.289 e. The van der Waals surface area contributed by atoms with Crippen LogP contribution in [0.15, 0.2) is 60.7 Å². The smallest absolute Gasteiger partial charge is 0.193 e. The summed E-state index contributed by atoms with van der Waals surface area (Å²) in [6.07, 6.45) is 0. The zero-order chi connectivity index (χ0) is 14.1. The molecule has 0 amide bonds. The van der Waals surface area contributed by atoms with E-state index in [2.05, 4.69) is 0 Å². The minimum Gasteiger partial charge on any atom is -0.289 e. The van der Waals surface area contributed by atoms with Crippen LogP contribution in [0.4, 0.5) is 0 Å². The second-order valence-corrected chi connectivity index (χ2v) is 5.21.